The van der Waals surface area contributed by atoms with E-state index < -0.39 is 12.1 Å². The molecule has 3 heteroatoms. The number of aliphatic hydroxyl groups is 1. The highest BCUT2D eigenvalue weighted by molar-refractivity contribution is 6.09. The summed E-state index contributed by atoms with van der Waals surface area (Å²) in [6.07, 6.45) is -0.781. The number of carbonyl (C=O) groups is 1. The van der Waals surface area contributed by atoms with Crippen molar-refractivity contribution in [3.05, 3.63) is 101 Å². The summed E-state index contributed by atoms with van der Waals surface area (Å²) in [6, 6.07) is 24.4. The van der Waals surface area contributed by atoms with Gasteiger partial charge in [0.15, 0.2) is 0 Å². The minimum absolute atomic E-state index is 0.0855. The lowest BCUT2D eigenvalue weighted by Gasteiger charge is -2.40. The molecule has 1 heterocycles. The molecule has 3 nitrogen and oxygen atoms in total. The highest BCUT2D eigenvalue weighted by Crippen LogP contribution is 2.43. The molecule has 1 amide bonds. The second-order valence-corrected chi connectivity index (χ2v) is 6.40. The third kappa shape index (κ3) is 2.63. The molecule has 1 N–H and O–H groups in total. The van der Waals surface area contributed by atoms with Gasteiger partial charge < -0.3 is 5.11 Å². The van der Waals surface area contributed by atoms with Crippen LogP contribution in [0.5, 0.6) is 0 Å². The van der Waals surface area contributed by atoms with Gasteiger partial charge in [-0.25, -0.2) is 0 Å². The molecule has 25 heavy (non-hydrogen) atoms. The second-order valence-electron chi connectivity index (χ2n) is 6.40. The lowest BCUT2D eigenvalue weighted by atomic mass is 9.86. The Labute approximate surface area is 147 Å². The Balaban J connectivity index is 1.91. The van der Waals surface area contributed by atoms with Gasteiger partial charge in [0, 0.05) is 11.3 Å². The van der Waals surface area contributed by atoms with E-state index in [1.165, 1.54) is 0 Å². The van der Waals surface area contributed by atoms with Crippen LogP contribution in [0.25, 0.3) is 0 Å². The molecule has 0 aromatic heterocycles. The fourth-order valence-corrected chi connectivity index (χ4v) is 3.48. The van der Waals surface area contributed by atoms with Crippen molar-refractivity contribution in [2.75, 3.05) is 4.90 Å². The number of carbonyl (C=O) groups excluding carboxylic acids is 1. The van der Waals surface area contributed by atoms with Gasteiger partial charge in [-0.2, -0.15) is 0 Å². The van der Waals surface area contributed by atoms with Crippen LogP contribution >= 0.6 is 0 Å². The number of fused-ring (bicyclic) bond motifs is 1. The maximum absolute atomic E-state index is 13.2. The number of hydrogen-bond acceptors (Lipinski definition) is 2. The molecule has 1 aliphatic rings. The normalized spacial score (nSPS) is 19.6. The zero-order valence-electron chi connectivity index (χ0n) is 14.0. The van der Waals surface area contributed by atoms with E-state index in [2.05, 4.69) is 0 Å². The SMILES string of the molecule is Cc1ccc(C2C(O)c3ccccc3C(=O)N2c2ccccc2)cc1. The van der Waals surface area contributed by atoms with Gasteiger partial charge in [-0.3, -0.25) is 9.69 Å². The highest BCUT2D eigenvalue weighted by atomic mass is 16.3. The van der Waals surface area contributed by atoms with Gasteiger partial charge in [-0.1, -0.05) is 66.2 Å². The summed E-state index contributed by atoms with van der Waals surface area (Å²) in [5.41, 5.74) is 4.09. The largest absolute Gasteiger partial charge is 0.386 e. The monoisotopic (exact) mass is 329 g/mol. The minimum atomic E-state index is -0.781. The van der Waals surface area contributed by atoms with Crippen LogP contribution < -0.4 is 4.90 Å². The van der Waals surface area contributed by atoms with Gasteiger partial charge >= 0.3 is 0 Å². The first-order valence-corrected chi connectivity index (χ1v) is 8.39. The summed E-state index contributed by atoms with van der Waals surface area (Å²) in [5, 5.41) is 11.1. The molecule has 0 saturated heterocycles. The Bertz CT molecular complexity index is 903. The smallest absolute Gasteiger partial charge is 0.259 e. The number of anilines is 1. The van der Waals surface area contributed by atoms with Gasteiger partial charge in [-0.05, 0) is 36.2 Å². The first-order chi connectivity index (χ1) is 12.2. The van der Waals surface area contributed by atoms with E-state index in [4.69, 9.17) is 0 Å². The van der Waals surface area contributed by atoms with Crippen molar-refractivity contribution in [3.63, 3.8) is 0 Å². The van der Waals surface area contributed by atoms with Crippen LogP contribution in [0, 0.1) is 6.92 Å². The molecule has 4 rings (SSSR count). The predicted octanol–water partition coefficient (Wildman–Crippen LogP) is 4.43. The van der Waals surface area contributed by atoms with Gasteiger partial charge in [0.1, 0.15) is 6.10 Å². The van der Waals surface area contributed by atoms with Crippen LogP contribution in [-0.2, 0) is 0 Å². The molecule has 2 atom stereocenters. The summed E-state index contributed by atoms with van der Waals surface area (Å²) in [5.74, 6) is -0.0855. The number of aryl methyl sites for hydroxylation is 1. The lowest BCUT2D eigenvalue weighted by Crippen LogP contribution is -2.43. The standard InChI is InChI=1S/C22H19NO2/c1-15-11-13-16(14-12-15)20-21(24)18-9-5-6-10-19(18)22(25)23(20)17-7-3-2-4-8-17/h2-14,20-21,24H,1H3. The van der Waals surface area contributed by atoms with E-state index in [1.54, 1.807) is 11.0 Å². The fourth-order valence-electron chi connectivity index (χ4n) is 3.48. The van der Waals surface area contributed by atoms with Crippen LogP contribution in [0.3, 0.4) is 0 Å². The molecule has 3 aromatic rings. The van der Waals surface area contributed by atoms with Crippen molar-refractivity contribution in [1.82, 2.24) is 0 Å². The topological polar surface area (TPSA) is 40.5 Å². The number of para-hydroxylation sites is 1. The number of hydrogen-bond donors (Lipinski definition) is 1. The molecular weight excluding hydrogens is 310 g/mol. The van der Waals surface area contributed by atoms with E-state index in [9.17, 15) is 9.90 Å². The third-order valence-electron chi connectivity index (χ3n) is 4.76. The molecule has 2 unspecified atom stereocenters. The summed E-state index contributed by atoms with van der Waals surface area (Å²) in [4.78, 5) is 14.9. The van der Waals surface area contributed by atoms with E-state index in [0.29, 0.717) is 11.1 Å². The lowest BCUT2D eigenvalue weighted by molar-refractivity contribution is 0.0851. The van der Waals surface area contributed by atoms with Gasteiger partial charge in [-0.15, -0.1) is 0 Å². The van der Waals surface area contributed by atoms with Gasteiger partial charge in [0.2, 0.25) is 0 Å². The molecule has 0 radical (unpaired) electrons. The number of rotatable bonds is 2. The Hall–Kier alpha value is -2.91. The number of nitrogens with zero attached hydrogens (tertiary/aromatic N) is 1. The first-order valence-electron chi connectivity index (χ1n) is 8.39. The van der Waals surface area contributed by atoms with Crippen molar-refractivity contribution in [1.29, 1.82) is 0 Å². The predicted molar refractivity (Wildman–Crippen MR) is 98.6 cm³/mol. The molecular formula is C22H19NO2. The second kappa shape index (κ2) is 6.19. The molecule has 124 valence electrons. The fraction of sp³-hybridized carbons (Fsp3) is 0.136. The van der Waals surface area contributed by atoms with E-state index >= 15 is 0 Å². The molecule has 1 aliphatic heterocycles. The molecule has 0 fully saturated rings. The summed E-state index contributed by atoms with van der Waals surface area (Å²) in [7, 11) is 0. The van der Waals surface area contributed by atoms with Crippen LogP contribution in [0.1, 0.15) is 39.2 Å². The molecule has 0 spiro atoms. The third-order valence-corrected chi connectivity index (χ3v) is 4.76. The van der Waals surface area contributed by atoms with Crippen molar-refractivity contribution < 1.29 is 9.90 Å². The maximum Gasteiger partial charge on any atom is 0.259 e. The summed E-state index contributed by atoms with van der Waals surface area (Å²) >= 11 is 0. The Morgan fingerprint density at radius 1 is 0.840 bits per heavy atom. The zero-order valence-corrected chi connectivity index (χ0v) is 14.0. The summed E-state index contributed by atoms with van der Waals surface area (Å²) in [6.45, 7) is 2.02. The average molecular weight is 329 g/mol. The van der Waals surface area contributed by atoms with Crippen LogP contribution in [-0.4, -0.2) is 11.0 Å². The Kier molecular flexibility index (Phi) is 3.86. The quantitative estimate of drug-likeness (QED) is 0.755. The number of aliphatic hydroxyl groups excluding tert-OH is 1. The van der Waals surface area contributed by atoms with E-state index in [0.717, 1.165) is 16.8 Å². The van der Waals surface area contributed by atoms with Gasteiger partial charge in [0.25, 0.3) is 5.91 Å². The first kappa shape index (κ1) is 15.6. The molecule has 3 aromatic carbocycles. The van der Waals surface area contributed by atoms with E-state index in [1.807, 2.05) is 79.7 Å². The molecule has 0 aliphatic carbocycles. The van der Waals surface area contributed by atoms with Gasteiger partial charge in [0.05, 0.1) is 6.04 Å². The maximum atomic E-state index is 13.2. The Morgan fingerprint density at radius 2 is 1.48 bits per heavy atom. The molecule has 0 saturated carbocycles. The highest BCUT2D eigenvalue weighted by Gasteiger charge is 2.40. The molecule has 0 bridgehead atoms. The van der Waals surface area contributed by atoms with Crippen molar-refractivity contribution in [2.24, 2.45) is 0 Å². The Morgan fingerprint density at radius 3 is 2.20 bits per heavy atom. The summed E-state index contributed by atoms with van der Waals surface area (Å²) < 4.78 is 0. The van der Waals surface area contributed by atoms with Crippen molar-refractivity contribution in [3.8, 4) is 0 Å². The van der Waals surface area contributed by atoms with Crippen molar-refractivity contribution in [2.45, 2.75) is 19.1 Å². The minimum Gasteiger partial charge on any atom is -0.386 e. The number of benzene rings is 3. The van der Waals surface area contributed by atoms with E-state index in [-0.39, 0.29) is 5.91 Å². The van der Waals surface area contributed by atoms with Crippen LogP contribution in [0.2, 0.25) is 0 Å². The average Bonchev–Trinajstić information content (AvgIpc) is 2.66. The van der Waals surface area contributed by atoms with Crippen LogP contribution in [0.15, 0.2) is 78.9 Å². The zero-order chi connectivity index (χ0) is 17.4. The van der Waals surface area contributed by atoms with Crippen LogP contribution in [0.4, 0.5) is 5.69 Å². The van der Waals surface area contributed by atoms with Crippen molar-refractivity contribution >= 4 is 11.6 Å². The number of amides is 1.